The molecule has 0 unspecified atom stereocenters. The summed E-state index contributed by atoms with van der Waals surface area (Å²) in [6, 6.07) is 0. The van der Waals surface area contributed by atoms with Crippen molar-refractivity contribution in [1.82, 2.24) is 14.5 Å². The topological polar surface area (TPSA) is 46.1 Å². The molecule has 0 bridgehead atoms. The average Bonchev–Trinajstić information content (AvgIpc) is 2.76. The minimum absolute atomic E-state index is 0.00731. The van der Waals surface area contributed by atoms with Crippen molar-refractivity contribution < 1.29 is 4.79 Å². The van der Waals surface area contributed by atoms with Gasteiger partial charge in [0.05, 0.1) is 5.69 Å². The fourth-order valence-electron chi connectivity index (χ4n) is 1.29. The summed E-state index contributed by atoms with van der Waals surface area (Å²) in [7, 11) is 1.82. The third-order valence-corrected chi connectivity index (χ3v) is 4.90. The first kappa shape index (κ1) is 14.6. The lowest BCUT2D eigenvalue weighted by Crippen LogP contribution is -2.46. The minimum atomic E-state index is -0.218. The van der Waals surface area contributed by atoms with E-state index in [-0.39, 0.29) is 11.4 Å². The van der Waals surface area contributed by atoms with Crippen molar-refractivity contribution >= 4 is 33.4 Å². The van der Waals surface area contributed by atoms with Crippen LogP contribution in [0.3, 0.4) is 0 Å². The molecule has 0 aliphatic heterocycles. The van der Waals surface area contributed by atoms with E-state index in [2.05, 4.69) is 32.4 Å². The Morgan fingerprint density at radius 1 is 1.53 bits per heavy atom. The van der Waals surface area contributed by atoms with Gasteiger partial charge in [-0.1, -0.05) is 33.8 Å². The van der Waals surface area contributed by atoms with Crippen molar-refractivity contribution in [2.75, 3.05) is 12.4 Å². The molecular formula is C11H18BrN3OS. The van der Waals surface area contributed by atoms with E-state index in [1.165, 1.54) is 11.5 Å². The second-order valence-electron chi connectivity index (χ2n) is 4.61. The van der Waals surface area contributed by atoms with Gasteiger partial charge in [-0.15, -0.1) is 5.10 Å². The highest BCUT2D eigenvalue weighted by Gasteiger charge is 2.29. The maximum absolute atomic E-state index is 12.3. The zero-order chi connectivity index (χ0) is 13.1. The summed E-state index contributed by atoms with van der Waals surface area (Å²) in [6.45, 7) is 6.11. The Morgan fingerprint density at radius 2 is 2.18 bits per heavy atom. The summed E-state index contributed by atoms with van der Waals surface area (Å²) in [6.07, 6.45) is 1.78. The molecule has 17 heavy (non-hydrogen) atoms. The molecule has 0 aliphatic carbocycles. The molecule has 0 radical (unpaired) electrons. The van der Waals surface area contributed by atoms with E-state index in [0.29, 0.717) is 4.88 Å². The van der Waals surface area contributed by atoms with Gasteiger partial charge in [0.1, 0.15) is 4.88 Å². The largest absolute Gasteiger partial charge is 0.335 e. The number of halogens is 1. The molecule has 6 heteroatoms. The molecule has 0 fully saturated rings. The second kappa shape index (κ2) is 5.91. The van der Waals surface area contributed by atoms with Crippen LogP contribution in [0, 0.1) is 0 Å². The van der Waals surface area contributed by atoms with Crippen LogP contribution in [0.15, 0.2) is 0 Å². The Balaban J connectivity index is 2.92. The zero-order valence-corrected chi connectivity index (χ0v) is 13.1. The smallest absolute Gasteiger partial charge is 0.267 e. The molecule has 0 aromatic carbocycles. The Bertz CT molecular complexity index is 392. The minimum Gasteiger partial charge on any atom is -0.335 e. The molecule has 1 aromatic rings. The predicted octanol–water partition coefficient (Wildman–Crippen LogP) is 2.74. The van der Waals surface area contributed by atoms with E-state index in [0.717, 1.165) is 23.9 Å². The van der Waals surface area contributed by atoms with Gasteiger partial charge in [-0.05, 0) is 31.8 Å². The second-order valence-corrected chi connectivity index (χ2v) is 5.92. The van der Waals surface area contributed by atoms with Crippen LogP contribution < -0.4 is 0 Å². The number of rotatable bonds is 5. The van der Waals surface area contributed by atoms with Crippen molar-refractivity contribution in [3.05, 3.63) is 10.6 Å². The van der Waals surface area contributed by atoms with E-state index in [4.69, 9.17) is 0 Å². The van der Waals surface area contributed by atoms with Crippen LogP contribution in [0.4, 0.5) is 0 Å². The van der Waals surface area contributed by atoms with Crippen LogP contribution in [0.25, 0.3) is 0 Å². The number of carbonyl (C=O) groups excluding carboxylic acids is 1. The number of hydrogen-bond donors (Lipinski definition) is 0. The fourth-order valence-corrected chi connectivity index (χ4v) is 2.35. The molecule has 96 valence electrons. The normalized spacial score (nSPS) is 11.6. The van der Waals surface area contributed by atoms with Crippen molar-refractivity contribution in [2.24, 2.45) is 0 Å². The standard InChI is InChI=1S/C11H18BrN3OS/c1-5-6-8-9(17-14-13-8)10(16)15(4)11(2,3)7-12/h5-7H2,1-4H3. The number of alkyl halides is 1. The van der Waals surface area contributed by atoms with Crippen LogP contribution in [0.1, 0.15) is 42.6 Å². The van der Waals surface area contributed by atoms with Crippen LogP contribution in [-0.4, -0.2) is 38.3 Å². The van der Waals surface area contributed by atoms with Gasteiger partial charge in [0, 0.05) is 17.9 Å². The quantitative estimate of drug-likeness (QED) is 0.784. The first-order valence-electron chi connectivity index (χ1n) is 5.59. The molecule has 0 saturated carbocycles. The summed E-state index contributed by atoms with van der Waals surface area (Å²) < 4.78 is 3.88. The van der Waals surface area contributed by atoms with Gasteiger partial charge in [0.15, 0.2) is 0 Å². The molecule has 1 heterocycles. The monoisotopic (exact) mass is 319 g/mol. The SMILES string of the molecule is CCCc1nnsc1C(=O)N(C)C(C)(C)CBr. The molecule has 4 nitrogen and oxygen atoms in total. The van der Waals surface area contributed by atoms with Crippen molar-refractivity contribution in [3.8, 4) is 0 Å². The number of hydrogen-bond acceptors (Lipinski definition) is 4. The predicted molar refractivity (Wildman–Crippen MR) is 73.9 cm³/mol. The number of aromatic nitrogens is 2. The molecule has 1 amide bonds. The van der Waals surface area contributed by atoms with Crippen LogP contribution in [-0.2, 0) is 6.42 Å². The third-order valence-electron chi connectivity index (χ3n) is 2.78. The molecule has 0 atom stereocenters. The molecule has 0 saturated heterocycles. The van der Waals surface area contributed by atoms with E-state index < -0.39 is 0 Å². The number of aryl methyl sites for hydroxylation is 1. The lowest BCUT2D eigenvalue weighted by molar-refractivity contribution is 0.0667. The van der Waals surface area contributed by atoms with Gasteiger partial charge >= 0.3 is 0 Å². The molecule has 1 aromatic heterocycles. The zero-order valence-electron chi connectivity index (χ0n) is 10.7. The lowest BCUT2D eigenvalue weighted by Gasteiger charge is -2.33. The summed E-state index contributed by atoms with van der Waals surface area (Å²) in [5.41, 5.74) is 0.601. The fraction of sp³-hybridized carbons (Fsp3) is 0.727. The van der Waals surface area contributed by atoms with Crippen molar-refractivity contribution in [2.45, 2.75) is 39.2 Å². The van der Waals surface area contributed by atoms with E-state index in [9.17, 15) is 4.79 Å². The van der Waals surface area contributed by atoms with E-state index >= 15 is 0 Å². The van der Waals surface area contributed by atoms with Gasteiger partial charge in [-0.2, -0.15) is 0 Å². The molecule has 0 spiro atoms. The summed E-state index contributed by atoms with van der Waals surface area (Å²) >= 11 is 4.62. The highest BCUT2D eigenvalue weighted by atomic mass is 79.9. The maximum Gasteiger partial charge on any atom is 0.267 e. The first-order valence-corrected chi connectivity index (χ1v) is 7.49. The Kier molecular flexibility index (Phi) is 5.06. The number of carbonyl (C=O) groups is 1. The van der Waals surface area contributed by atoms with Gasteiger partial charge in [0.25, 0.3) is 5.91 Å². The summed E-state index contributed by atoms with van der Waals surface area (Å²) in [5.74, 6) is 0.00731. The summed E-state index contributed by atoms with van der Waals surface area (Å²) in [4.78, 5) is 14.8. The van der Waals surface area contributed by atoms with Crippen LogP contribution in [0.5, 0.6) is 0 Å². The molecular weight excluding hydrogens is 302 g/mol. The summed E-state index contributed by atoms with van der Waals surface area (Å²) in [5, 5.41) is 4.76. The van der Waals surface area contributed by atoms with Crippen molar-refractivity contribution in [1.29, 1.82) is 0 Å². The highest BCUT2D eigenvalue weighted by Crippen LogP contribution is 2.21. The molecule has 0 N–H and O–H groups in total. The Morgan fingerprint density at radius 3 is 2.71 bits per heavy atom. The Labute approximate surface area is 115 Å². The van der Waals surface area contributed by atoms with Crippen molar-refractivity contribution in [3.63, 3.8) is 0 Å². The van der Waals surface area contributed by atoms with E-state index in [1.54, 1.807) is 4.90 Å². The van der Waals surface area contributed by atoms with Gasteiger partial charge in [-0.25, -0.2) is 0 Å². The highest BCUT2D eigenvalue weighted by molar-refractivity contribution is 9.09. The van der Waals surface area contributed by atoms with Gasteiger partial charge < -0.3 is 4.90 Å². The van der Waals surface area contributed by atoms with E-state index in [1.807, 2.05) is 20.9 Å². The first-order chi connectivity index (χ1) is 7.94. The average molecular weight is 320 g/mol. The maximum atomic E-state index is 12.3. The number of nitrogens with zero attached hydrogens (tertiary/aromatic N) is 3. The lowest BCUT2D eigenvalue weighted by atomic mass is 10.1. The molecule has 0 aliphatic rings. The Hall–Kier alpha value is -0.490. The van der Waals surface area contributed by atoms with Crippen LogP contribution in [0.2, 0.25) is 0 Å². The van der Waals surface area contributed by atoms with Gasteiger partial charge in [-0.3, -0.25) is 4.79 Å². The van der Waals surface area contributed by atoms with Gasteiger partial charge in [0.2, 0.25) is 0 Å². The van der Waals surface area contributed by atoms with Crippen LogP contribution >= 0.6 is 27.5 Å². The third kappa shape index (κ3) is 3.25. The molecule has 1 rings (SSSR count). The number of amides is 1.